The van der Waals surface area contributed by atoms with E-state index in [4.69, 9.17) is 0 Å². The Kier molecular flexibility index (Phi) is 4.51. The second kappa shape index (κ2) is 5.90. The molecule has 1 aromatic carbocycles. The maximum Gasteiger partial charge on any atom is 0.316 e. The van der Waals surface area contributed by atoms with Crippen LogP contribution in [0.4, 0.5) is 5.69 Å². The Morgan fingerprint density at radius 1 is 1.19 bits per heavy atom. The van der Waals surface area contributed by atoms with E-state index in [1.807, 2.05) is 25.1 Å². The van der Waals surface area contributed by atoms with Gasteiger partial charge in [0.1, 0.15) is 0 Å². The number of hydrogen-bond donors (Lipinski definition) is 1. The fourth-order valence-corrected chi connectivity index (χ4v) is 1.41. The van der Waals surface area contributed by atoms with Gasteiger partial charge in [0.15, 0.2) is 0 Å². The van der Waals surface area contributed by atoms with Crippen molar-refractivity contribution in [3.05, 3.63) is 30.3 Å². The molecule has 0 bridgehead atoms. The summed E-state index contributed by atoms with van der Waals surface area (Å²) in [6, 6.07) is 9.15. The molecule has 4 heteroatoms. The standard InChI is InChI=1S/C12H16N2O2/c1-3-13-11(15)12(16)14(4-2)10-8-6-5-7-9-10/h5-9H,3-4H2,1-2H3,(H,13,15). The molecule has 1 N–H and O–H groups in total. The first-order chi connectivity index (χ1) is 7.70. The van der Waals surface area contributed by atoms with Gasteiger partial charge in [0.25, 0.3) is 0 Å². The summed E-state index contributed by atoms with van der Waals surface area (Å²) in [6.07, 6.45) is 0. The number of carbonyl (C=O) groups is 2. The van der Waals surface area contributed by atoms with E-state index >= 15 is 0 Å². The maximum absolute atomic E-state index is 11.8. The van der Waals surface area contributed by atoms with Crippen LogP contribution < -0.4 is 10.2 Å². The van der Waals surface area contributed by atoms with Gasteiger partial charge in [-0.25, -0.2) is 0 Å². The quantitative estimate of drug-likeness (QED) is 0.777. The molecule has 0 saturated carbocycles. The van der Waals surface area contributed by atoms with E-state index in [9.17, 15) is 9.59 Å². The van der Waals surface area contributed by atoms with Gasteiger partial charge in [-0.05, 0) is 26.0 Å². The molecule has 0 aromatic heterocycles. The van der Waals surface area contributed by atoms with E-state index in [0.29, 0.717) is 13.1 Å². The molecule has 0 spiro atoms. The highest BCUT2D eigenvalue weighted by Crippen LogP contribution is 2.12. The average molecular weight is 220 g/mol. The van der Waals surface area contributed by atoms with E-state index < -0.39 is 11.8 Å². The highest BCUT2D eigenvalue weighted by atomic mass is 16.2. The van der Waals surface area contributed by atoms with Crippen molar-refractivity contribution in [2.24, 2.45) is 0 Å². The molecule has 0 unspecified atom stereocenters. The third-order valence-electron chi connectivity index (χ3n) is 2.16. The number of nitrogens with zero attached hydrogens (tertiary/aromatic N) is 1. The van der Waals surface area contributed by atoms with Gasteiger partial charge >= 0.3 is 11.8 Å². The lowest BCUT2D eigenvalue weighted by molar-refractivity contribution is -0.137. The van der Waals surface area contributed by atoms with Crippen molar-refractivity contribution in [1.82, 2.24) is 5.32 Å². The van der Waals surface area contributed by atoms with Crippen molar-refractivity contribution in [3.8, 4) is 0 Å². The lowest BCUT2D eigenvalue weighted by atomic mass is 10.3. The number of benzene rings is 1. The van der Waals surface area contributed by atoms with Crippen LogP contribution in [0.1, 0.15) is 13.8 Å². The number of carbonyl (C=O) groups excluding carboxylic acids is 2. The van der Waals surface area contributed by atoms with E-state index in [2.05, 4.69) is 5.32 Å². The molecule has 0 aliphatic carbocycles. The summed E-state index contributed by atoms with van der Waals surface area (Å²) in [5, 5.41) is 2.50. The van der Waals surface area contributed by atoms with Gasteiger partial charge in [0, 0.05) is 18.8 Å². The van der Waals surface area contributed by atoms with Crippen molar-refractivity contribution in [1.29, 1.82) is 0 Å². The Labute approximate surface area is 95.3 Å². The van der Waals surface area contributed by atoms with Crippen molar-refractivity contribution in [2.75, 3.05) is 18.0 Å². The predicted molar refractivity (Wildman–Crippen MR) is 63.2 cm³/mol. The van der Waals surface area contributed by atoms with Crippen molar-refractivity contribution in [3.63, 3.8) is 0 Å². The third kappa shape index (κ3) is 2.82. The Hall–Kier alpha value is -1.84. The van der Waals surface area contributed by atoms with Crippen LogP contribution in [0.3, 0.4) is 0 Å². The van der Waals surface area contributed by atoms with Gasteiger partial charge in [-0.1, -0.05) is 18.2 Å². The fourth-order valence-electron chi connectivity index (χ4n) is 1.41. The smallest absolute Gasteiger partial charge is 0.316 e. The van der Waals surface area contributed by atoms with Crippen LogP contribution in [-0.2, 0) is 9.59 Å². The van der Waals surface area contributed by atoms with Gasteiger partial charge in [-0.3, -0.25) is 9.59 Å². The SMILES string of the molecule is CCNC(=O)C(=O)N(CC)c1ccccc1. The van der Waals surface area contributed by atoms with E-state index in [1.54, 1.807) is 19.1 Å². The second-order valence-electron chi connectivity index (χ2n) is 3.24. The molecular weight excluding hydrogens is 204 g/mol. The summed E-state index contributed by atoms with van der Waals surface area (Å²) < 4.78 is 0. The zero-order chi connectivity index (χ0) is 12.0. The molecule has 1 aromatic rings. The highest BCUT2D eigenvalue weighted by molar-refractivity contribution is 6.40. The molecule has 1 rings (SSSR count). The Balaban J connectivity index is 2.83. The number of rotatable bonds is 3. The highest BCUT2D eigenvalue weighted by Gasteiger charge is 2.20. The number of para-hydroxylation sites is 1. The van der Waals surface area contributed by atoms with Gasteiger partial charge in [0.2, 0.25) is 0 Å². The van der Waals surface area contributed by atoms with Crippen molar-refractivity contribution >= 4 is 17.5 Å². The monoisotopic (exact) mass is 220 g/mol. The minimum absolute atomic E-state index is 0.455. The largest absolute Gasteiger partial charge is 0.348 e. The topological polar surface area (TPSA) is 49.4 Å². The van der Waals surface area contributed by atoms with Crippen LogP contribution in [-0.4, -0.2) is 24.9 Å². The molecule has 0 saturated heterocycles. The summed E-state index contributed by atoms with van der Waals surface area (Å²) in [5.41, 5.74) is 0.737. The number of hydrogen-bond acceptors (Lipinski definition) is 2. The minimum atomic E-state index is -0.562. The van der Waals surface area contributed by atoms with E-state index in [0.717, 1.165) is 5.69 Å². The molecule has 0 radical (unpaired) electrons. The zero-order valence-corrected chi connectivity index (χ0v) is 9.56. The molecular formula is C12H16N2O2. The first-order valence-electron chi connectivity index (χ1n) is 5.35. The van der Waals surface area contributed by atoms with Crippen LogP contribution in [0.25, 0.3) is 0 Å². The Bertz CT molecular complexity index is 363. The lowest BCUT2D eigenvalue weighted by Crippen LogP contribution is -2.43. The molecule has 16 heavy (non-hydrogen) atoms. The molecule has 0 aliphatic rings. The van der Waals surface area contributed by atoms with E-state index in [1.165, 1.54) is 4.90 Å². The summed E-state index contributed by atoms with van der Waals surface area (Å²) in [7, 11) is 0. The second-order valence-corrected chi connectivity index (χ2v) is 3.24. The normalized spacial score (nSPS) is 9.62. The molecule has 2 amide bonds. The Morgan fingerprint density at radius 3 is 2.31 bits per heavy atom. The first-order valence-corrected chi connectivity index (χ1v) is 5.35. The Morgan fingerprint density at radius 2 is 1.81 bits per heavy atom. The van der Waals surface area contributed by atoms with Crippen LogP contribution >= 0.6 is 0 Å². The molecule has 4 nitrogen and oxygen atoms in total. The molecule has 0 atom stereocenters. The van der Waals surface area contributed by atoms with Crippen molar-refractivity contribution < 1.29 is 9.59 Å². The molecule has 86 valence electrons. The predicted octanol–water partition coefficient (Wildman–Crippen LogP) is 1.18. The summed E-state index contributed by atoms with van der Waals surface area (Å²) in [5.74, 6) is -1.08. The first kappa shape index (κ1) is 12.2. The average Bonchev–Trinajstić information content (AvgIpc) is 2.31. The van der Waals surface area contributed by atoms with Crippen molar-refractivity contribution in [2.45, 2.75) is 13.8 Å². The minimum Gasteiger partial charge on any atom is -0.348 e. The number of likely N-dealkylation sites (N-methyl/N-ethyl adjacent to an activating group) is 2. The maximum atomic E-state index is 11.8. The third-order valence-corrected chi connectivity index (χ3v) is 2.16. The van der Waals surface area contributed by atoms with Gasteiger partial charge in [0.05, 0.1) is 0 Å². The number of anilines is 1. The summed E-state index contributed by atoms with van der Waals surface area (Å²) in [6.45, 7) is 4.55. The van der Waals surface area contributed by atoms with Crippen LogP contribution in [0.2, 0.25) is 0 Å². The van der Waals surface area contributed by atoms with Crippen LogP contribution in [0.15, 0.2) is 30.3 Å². The summed E-state index contributed by atoms with van der Waals surface area (Å²) >= 11 is 0. The van der Waals surface area contributed by atoms with Crippen LogP contribution in [0.5, 0.6) is 0 Å². The van der Waals surface area contributed by atoms with Gasteiger partial charge < -0.3 is 10.2 Å². The van der Waals surface area contributed by atoms with E-state index in [-0.39, 0.29) is 0 Å². The molecule has 0 fully saturated rings. The van der Waals surface area contributed by atoms with Gasteiger partial charge in [-0.2, -0.15) is 0 Å². The van der Waals surface area contributed by atoms with Crippen LogP contribution in [0, 0.1) is 0 Å². The fraction of sp³-hybridized carbons (Fsp3) is 0.333. The molecule has 0 aliphatic heterocycles. The zero-order valence-electron chi connectivity index (χ0n) is 9.56. The lowest BCUT2D eigenvalue weighted by Gasteiger charge is -2.19. The number of nitrogens with one attached hydrogen (secondary N) is 1. The molecule has 0 heterocycles. The summed E-state index contributed by atoms with van der Waals surface area (Å²) in [4.78, 5) is 24.6. The number of amides is 2. The van der Waals surface area contributed by atoms with Gasteiger partial charge in [-0.15, -0.1) is 0 Å².